The van der Waals surface area contributed by atoms with E-state index in [1.165, 1.54) is 11.1 Å². The normalized spacial score (nSPS) is 17.6. The zero-order valence-corrected chi connectivity index (χ0v) is 20.2. The van der Waals surface area contributed by atoms with Crippen LogP contribution < -0.4 is 4.74 Å². The molecular formula is C29H28F2N2O4. The zero-order chi connectivity index (χ0) is 26.4. The van der Waals surface area contributed by atoms with Gasteiger partial charge in [0.2, 0.25) is 0 Å². The standard InChI is InChI=1S/C29H28F2N2O4/c1-20-14-15-33(32-17-20)18-29(36,26-12-7-23(30)16-27(26)31)19-37-25-10-5-22(6-11-25)28(35)13-4-21-2-8-24(34)9-3-21/h2-17,20,28,34-36H,18-19H2,1H3. The number of benzene rings is 3. The number of hydrogen-bond donors (Lipinski definition) is 3. The van der Waals surface area contributed by atoms with Gasteiger partial charge in [0.05, 0.1) is 12.6 Å². The summed E-state index contributed by atoms with van der Waals surface area (Å²) in [6.07, 6.45) is 7.76. The van der Waals surface area contributed by atoms with Crippen molar-refractivity contribution in [1.82, 2.24) is 5.01 Å². The van der Waals surface area contributed by atoms with Gasteiger partial charge in [-0.1, -0.05) is 55.5 Å². The van der Waals surface area contributed by atoms with Crippen LogP contribution in [-0.2, 0) is 5.60 Å². The third-order valence-corrected chi connectivity index (χ3v) is 5.93. The summed E-state index contributed by atoms with van der Waals surface area (Å²) in [6.45, 7) is 1.51. The fourth-order valence-electron chi connectivity index (χ4n) is 3.81. The molecule has 3 aromatic rings. The molecule has 192 valence electrons. The van der Waals surface area contributed by atoms with E-state index < -0.39 is 23.3 Å². The number of aromatic hydroxyl groups is 1. The summed E-state index contributed by atoms with van der Waals surface area (Å²) in [5.74, 6) is -0.943. The van der Waals surface area contributed by atoms with Crippen molar-refractivity contribution in [3.8, 4) is 11.5 Å². The van der Waals surface area contributed by atoms with E-state index in [4.69, 9.17) is 4.74 Å². The summed E-state index contributed by atoms with van der Waals surface area (Å²) in [7, 11) is 0. The summed E-state index contributed by atoms with van der Waals surface area (Å²) in [5.41, 5.74) is -0.511. The molecule has 0 aromatic heterocycles. The van der Waals surface area contributed by atoms with Gasteiger partial charge in [-0.15, -0.1) is 0 Å². The molecule has 1 aliphatic heterocycles. The van der Waals surface area contributed by atoms with Crippen LogP contribution in [0.5, 0.6) is 11.5 Å². The van der Waals surface area contributed by atoms with Gasteiger partial charge in [0.25, 0.3) is 0 Å². The predicted octanol–water partition coefficient (Wildman–Crippen LogP) is 5.14. The lowest BCUT2D eigenvalue weighted by molar-refractivity contribution is -0.0313. The minimum Gasteiger partial charge on any atom is -0.508 e. The third kappa shape index (κ3) is 6.81. The number of nitrogens with zero attached hydrogens (tertiary/aromatic N) is 2. The minimum absolute atomic E-state index is 0.109. The number of allylic oxidation sites excluding steroid dienone is 1. The van der Waals surface area contributed by atoms with Gasteiger partial charge in [-0.05, 0) is 41.5 Å². The Kier molecular flexibility index (Phi) is 8.01. The molecule has 0 spiro atoms. The van der Waals surface area contributed by atoms with Crippen LogP contribution in [0, 0.1) is 17.6 Å². The van der Waals surface area contributed by atoms with E-state index in [2.05, 4.69) is 5.10 Å². The first-order valence-corrected chi connectivity index (χ1v) is 11.8. The topological polar surface area (TPSA) is 85.5 Å². The molecule has 0 amide bonds. The Morgan fingerprint density at radius 3 is 2.46 bits per heavy atom. The van der Waals surface area contributed by atoms with Crippen LogP contribution in [0.3, 0.4) is 0 Å². The molecule has 0 fully saturated rings. The fourth-order valence-corrected chi connectivity index (χ4v) is 3.81. The van der Waals surface area contributed by atoms with Gasteiger partial charge in [0.1, 0.15) is 35.3 Å². The van der Waals surface area contributed by atoms with Gasteiger partial charge in [0, 0.05) is 30.0 Å². The van der Waals surface area contributed by atoms with Crippen molar-refractivity contribution in [3.05, 3.63) is 113 Å². The molecule has 3 atom stereocenters. The Labute approximate surface area is 214 Å². The number of rotatable bonds is 9. The molecule has 0 aliphatic carbocycles. The van der Waals surface area contributed by atoms with Crippen LogP contribution in [0.2, 0.25) is 0 Å². The Morgan fingerprint density at radius 2 is 1.81 bits per heavy atom. The second-order valence-electron chi connectivity index (χ2n) is 8.97. The number of aliphatic hydroxyl groups is 2. The van der Waals surface area contributed by atoms with E-state index in [-0.39, 0.29) is 30.4 Å². The van der Waals surface area contributed by atoms with Gasteiger partial charge in [0.15, 0.2) is 0 Å². The first kappa shape index (κ1) is 26.1. The number of phenolic OH excluding ortho intramolecular Hbond substituents is 1. The molecule has 3 aromatic carbocycles. The molecule has 4 rings (SSSR count). The van der Waals surface area contributed by atoms with Crippen molar-refractivity contribution in [3.63, 3.8) is 0 Å². The maximum atomic E-state index is 14.7. The summed E-state index contributed by atoms with van der Waals surface area (Å²) in [6, 6.07) is 16.2. The maximum Gasteiger partial charge on any atom is 0.146 e. The molecule has 0 saturated carbocycles. The molecular weight excluding hydrogens is 478 g/mol. The molecule has 0 bridgehead atoms. The predicted molar refractivity (Wildman–Crippen MR) is 138 cm³/mol. The molecule has 0 radical (unpaired) electrons. The van der Waals surface area contributed by atoms with Crippen LogP contribution in [-0.4, -0.2) is 39.7 Å². The Morgan fingerprint density at radius 1 is 1.08 bits per heavy atom. The van der Waals surface area contributed by atoms with Crippen LogP contribution in [0.15, 0.2) is 90.2 Å². The SMILES string of the molecule is CC1C=CN(CC(O)(COc2ccc(C(O)C=Cc3ccc(O)cc3)cc2)c2ccc(F)cc2F)N=C1. The smallest absolute Gasteiger partial charge is 0.146 e. The average molecular weight is 507 g/mol. The van der Waals surface area contributed by atoms with Crippen molar-refractivity contribution in [2.24, 2.45) is 11.0 Å². The first-order chi connectivity index (χ1) is 17.7. The van der Waals surface area contributed by atoms with Crippen molar-refractivity contribution >= 4 is 12.3 Å². The molecule has 1 aliphatic rings. The molecule has 6 nitrogen and oxygen atoms in total. The summed E-state index contributed by atoms with van der Waals surface area (Å²) in [5, 5.41) is 37.1. The molecule has 0 saturated heterocycles. The molecule has 3 unspecified atom stereocenters. The van der Waals surface area contributed by atoms with Crippen LogP contribution in [0.25, 0.3) is 6.08 Å². The van der Waals surface area contributed by atoms with Gasteiger partial charge in [-0.3, -0.25) is 5.01 Å². The highest BCUT2D eigenvalue weighted by Crippen LogP contribution is 2.29. The number of aliphatic hydroxyl groups excluding tert-OH is 1. The molecule has 1 heterocycles. The Balaban J connectivity index is 1.46. The number of β-amino-alcohol motifs (C(OH)–C–C–N with tert-alkyl or cyclic N) is 1. The number of hydrogen-bond acceptors (Lipinski definition) is 6. The van der Waals surface area contributed by atoms with E-state index in [1.807, 2.05) is 13.0 Å². The van der Waals surface area contributed by atoms with Gasteiger partial charge >= 0.3 is 0 Å². The lowest BCUT2D eigenvalue weighted by atomic mass is 9.93. The van der Waals surface area contributed by atoms with Crippen molar-refractivity contribution in [2.45, 2.75) is 18.6 Å². The Bertz CT molecular complexity index is 1280. The van der Waals surface area contributed by atoms with E-state index in [0.29, 0.717) is 11.3 Å². The van der Waals surface area contributed by atoms with Gasteiger partial charge in [-0.2, -0.15) is 5.10 Å². The molecule has 37 heavy (non-hydrogen) atoms. The fraction of sp³-hybridized carbons (Fsp3) is 0.207. The lowest BCUT2D eigenvalue weighted by Crippen LogP contribution is -2.43. The van der Waals surface area contributed by atoms with E-state index in [1.54, 1.807) is 73.1 Å². The minimum atomic E-state index is -1.84. The second-order valence-corrected chi connectivity index (χ2v) is 8.97. The third-order valence-electron chi connectivity index (χ3n) is 5.93. The number of phenols is 1. The number of halogens is 2. The van der Waals surface area contributed by atoms with E-state index in [0.717, 1.165) is 17.7 Å². The summed E-state index contributed by atoms with van der Waals surface area (Å²) >= 11 is 0. The van der Waals surface area contributed by atoms with Crippen molar-refractivity contribution in [1.29, 1.82) is 0 Å². The highest BCUT2D eigenvalue weighted by Gasteiger charge is 2.36. The number of hydrazone groups is 1. The molecule has 8 heteroatoms. The van der Waals surface area contributed by atoms with Crippen molar-refractivity contribution < 1.29 is 28.8 Å². The maximum absolute atomic E-state index is 14.7. The van der Waals surface area contributed by atoms with E-state index in [9.17, 15) is 24.1 Å². The highest BCUT2D eigenvalue weighted by molar-refractivity contribution is 5.63. The quantitative estimate of drug-likeness (QED) is 0.375. The van der Waals surface area contributed by atoms with Crippen molar-refractivity contribution in [2.75, 3.05) is 13.2 Å². The van der Waals surface area contributed by atoms with Crippen LogP contribution in [0.1, 0.15) is 29.7 Å². The van der Waals surface area contributed by atoms with Gasteiger partial charge < -0.3 is 20.1 Å². The monoisotopic (exact) mass is 506 g/mol. The zero-order valence-electron chi connectivity index (χ0n) is 20.2. The Hall–Kier alpha value is -4.01. The first-order valence-electron chi connectivity index (χ1n) is 11.8. The largest absolute Gasteiger partial charge is 0.508 e. The van der Waals surface area contributed by atoms with Gasteiger partial charge in [-0.25, -0.2) is 8.78 Å². The number of ether oxygens (including phenoxy) is 1. The average Bonchev–Trinajstić information content (AvgIpc) is 2.88. The summed E-state index contributed by atoms with van der Waals surface area (Å²) in [4.78, 5) is 0. The van der Waals surface area contributed by atoms with E-state index >= 15 is 0 Å². The molecule has 3 N–H and O–H groups in total. The highest BCUT2D eigenvalue weighted by atomic mass is 19.1. The van der Waals surface area contributed by atoms with Crippen LogP contribution in [0.4, 0.5) is 8.78 Å². The second kappa shape index (κ2) is 11.4. The lowest BCUT2D eigenvalue weighted by Gasteiger charge is -2.33. The van der Waals surface area contributed by atoms with Crippen LogP contribution >= 0.6 is 0 Å². The summed E-state index contributed by atoms with van der Waals surface area (Å²) < 4.78 is 34.0.